The maximum absolute atomic E-state index is 12.2. The van der Waals surface area contributed by atoms with E-state index in [1.807, 2.05) is 20.8 Å². The van der Waals surface area contributed by atoms with Crippen LogP contribution in [0, 0.1) is 5.92 Å². The lowest BCUT2D eigenvalue weighted by Crippen LogP contribution is -2.49. The van der Waals surface area contributed by atoms with Crippen LogP contribution in [0.4, 0.5) is 4.79 Å². The van der Waals surface area contributed by atoms with Gasteiger partial charge in [-0.05, 0) is 64.5 Å². The van der Waals surface area contributed by atoms with Gasteiger partial charge in [-0.1, -0.05) is 18.7 Å². The van der Waals surface area contributed by atoms with Crippen molar-refractivity contribution in [3.8, 4) is 10.8 Å². The quantitative estimate of drug-likeness (QED) is 0.722. The van der Waals surface area contributed by atoms with E-state index in [9.17, 15) is 9.59 Å². The zero-order valence-corrected chi connectivity index (χ0v) is 18.4. The number of urea groups is 1. The fraction of sp³-hybridized carbons (Fsp3) is 0.579. The van der Waals surface area contributed by atoms with E-state index in [1.54, 1.807) is 18.3 Å². The second-order valence-corrected chi connectivity index (χ2v) is 10.7. The van der Waals surface area contributed by atoms with Gasteiger partial charge >= 0.3 is 6.03 Å². The summed E-state index contributed by atoms with van der Waals surface area (Å²) in [5, 5.41) is 13.0. The van der Waals surface area contributed by atoms with Gasteiger partial charge in [-0.15, -0.1) is 21.5 Å². The molecule has 1 aliphatic carbocycles. The zero-order valence-electron chi connectivity index (χ0n) is 16.8. The largest absolute Gasteiger partial charge is 0.410 e. The Morgan fingerprint density at radius 2 is 2.11 bits per heavy atom. The van der Waals surface area contributed by atoms with Crippen molar-refractivity contribution in [1.82, 2.24) is 20.8 Å². The van der Waals surface area contributed by atoms with Crippen molar-refractivity contribution in [2.45, 2.75) is 69.9 Å². The Kier molecular flexibility index (Phi) is 6.14. The normalized spacial score (nSPS) is 17.7. The first kappa shape index (κ1) is 20.9. The molecule has 0 spiro atoms. The van der Waals surface area contributed by atoms with Gasteiger partial charge in [0.25, 0.3) is 11.1 Å². The van der Waals surface area contributed by atoms with Crippen LogP contribution in [-0.4, -0.2) is 32.9 Å². The van der Waals surface area contributed by atoms with Gasteiger partial charge in [0.05, 0.1) is 10.1 Å². The summed E-state index contributed by atoms with van der Waals surface area (Å²) in [5.41, 5.74) is 0.962. The molecule has 2 aromatic heterocycles. The van der Waals surface area contributed by atoms with Crippen LogP contribution in [0.5, 0.6) is 0 Å². The van der Waals surface area contributed by atoms with E-state index in [-0.39, 0.29) is 0 Å². The lowest BCUT2D eigenvalue weighted by molar-refractivity contribution is -0.119. The van der Waals surface area contributed by atoms with Crippen molar-refractivity contribution >= 4 is 35.0 Å². The Morgan fingerprint density at radius 1 is 1.36 bits per heavy atom. The average Bonchev–Trinajstić information content (AvgIpc) is 3.18. The molecule has 2 N–H and O–H groups in total. The van der Waals surface area contributed by atoms with Crippen LogP contribution < -0.4 is 10.6 Å². The molecule has 2 atom stereocenters. The molecule has 0 fully saturated rings. The second-order valence-electron chi connectivity index (χ2n) is 8.23. The molecule has 9 heteroatoms. The number of rotatable bonds is 4. The highest BCUT2D eigenvalue weighted by atomic mass is 32.2. The number of amides is 3. The molecular formula is C19H26N4O3S2. The molecule has 0 aliphatic heterocycles. The topological polar surface area (TPSA) is 97.1 Å². The fourth-order valence-electron chi connectivity index (χ4n) is 2.96. The van der Waals surface area contributed by atoms with Gasteiger partial charge < -0.3 is 9.73 Å². The summed E-state index contributed by atoms with van der Waals surface area (Å²) in [4.78, 5) is 26.4. The van der Waals surface area contributed by atoms with Gasteiger partial charge in [-0.3, -0.25) is 10.1 Å². The highest BCUT2D eigenvalue weighted by Crippen LogP contribution is 2.37. The summed E-state index contributed by atoms with van der Waals surface area (Å²) in [5.74, 6) is 0.776. The van der Waals surface area contributed by atoms with Crippen LogP contribution in [0.25, 0.3) is 10.8 Å². The Bertz CT molecular complexity index is 869. The minimum Gasteiger partial charge on any atom is -0.410 e. The summed E-state index contributed by atoms with van der Waals surface area (Å²) in [7, 11) is 0. The van der Waals surface area contributed by atoms with Gasteiger partial charge in [-0.25, -0.2) is 4.79 Å². The lowest BCUT2D eigenvalue weighted by Gasteiger charge is -2.20. The molecule has 152 valence electrons. The number of hydrogen-bond acceptors (Lipinski definition) is 7. The van der Waals surface area contributed by atoms with Gasteiger partial charge in [0, 0.05) is 10.4 Å². The number of aromatic nitrogens is 2. The van der Waals surface area contributed by atoms with E-state index in [0.29, 0.717) is 17.0 Å². The summed E-state index contributed by atoms with van der Waals surface area (Å²) in [6, 6.07) is 1.62. The zero-order chi connectivity index (χ0) is 20.5. The number of thiophene rings is 1. The molecule has 2 aromatic rings. The Hall–Kier alpha value is -1.87. The first-order valence-corrected chi connectivity index (χ1v) is 11.1. The Morgan fingerprint density at radius 3 is 2.82 bits per heavy atom. The van der Waals surface area contributed by atoms with Crippen molar-refractivity contribution in [3.05, 3.63) is 16.5 Å². The summed E-state index contributed by atoms with van der Waals surface area (Å²) in [6.07, 6.45) is 3.41. The van der Waals surface area contributed by atoms with Crippen molar-refractivity contribution < 1.29 is 14.0 Å². The number of carbonyl (C=O) groups is 2. The molecule has 7 nitrogen and oxygen atoms in total. The number of hydrogen-bond donors (Lipinski definition) is 2. The smallest absolute Gasteiger partial charge is 0.321 e. The number of imide groups is 1. The highest BCUT2D eigenvalue weighted by Gasteiger charge is 2.24. The molecule has 2 heterocycles. The third-order valence-electron chi connectivity index (χ3n) is 4.32. The number of aryl methyl sites for hydroxylation is 1. The molecule has 0 bridgehead atoms. The summed E-state index contributed by atoms with van der Waals surface area (Å²) in [6.45, 7) is 9.50. The van der Waals surface area contributed by atoms with E-state index >= 15 is 0 Å². The number of carbonyl (C=O) groups excluding carboxylic acids is 2. The fourth-order valence-corrected chi connectivity index (χ4v) is 4.77. The minimum absolute atomic E-state index is 0.314. The SMILES string of the molecule is C[C@@H]1CCc2sc(-c3nnc(S[C@@H](C)C(=O)NC(=O)NC(C)(C)C)o3)cc2C1. The number of nitrogens with zero attached hydrogens (tertiary/aromatic N) is 2. The third-order valence-corrected chi connectivity index (χ3v) is 6.48. The molecule has 1 aliphatic rings. The first-order chi connectivity index (χ1) is 13.1. The molecule has 0 saturated carbocycles. The standard InChI is InChI=1S/C19H26N4O3S2/c1-10-6-7-13-12(8-10)9-14(28-13)16-22-23-18(26-16)27-11(2)15(24)20-17(25)21-19(3,4)5/h9-11H,6-8H2,1-5H3,(H2,20,21,24,25)/t10-,11+/m1/s1. The van der Waals surface area contributed by atoms with Crippen LogP contribution in [0.3, 0.4) is 0 Å². The molecule has 0 unspecified atom stereocenters. The number of thioether (sulfide) groups is 1. The summed E-state index contributed by atoms with van der Waals surface area (Å²) < 4.78 is 5.75. The summed E-state index contributed by atoms with van der Waals surface area (Å²) >= 11 is 2.84. The van der Waals surface area contributed by atoms with E-state index in [2.05, 4.69) is 33.8 Å². The molecule has 0 radical (unpaired) electrons. The molecular weight excluding hydrogens is 396 g/mol. The maximum atomic E-state index is 12.2. The van der Waals surface area contributed by atoms with Crippen LogP contribution in [-0.2, 0) is 17.6 Å². The van der Waals surface area contributed by atoms with Crippen molar-refractivity contribution in [2.24, 2.45) is 5.92 Å². The van der Waals surface area contributed by atoms with Crippen LogP contribution >= 0.6 is 23.1 Å². The van der Waals surface area contributed by atoms with E-state index < -0.39 is 22.7 Å². The monoisotopic (exact) mass is 422 g/mol. The van der Waals surface area contributed by atoms with Crippen LogP contribution in [0.15, 0.2) is 15.7 Å². The predicted octanol–water partition coefficient (Wildman–Crippen LogP) is 4.03. The average molecular weight is 423 g/mol. The first-order valence-electron chi connectivity index (χ1n) is 9.36. The van der Waals surface area contributed by atoms with Crippen molar-refractivity contribution in [1.29, 1.82) is 0 Å². The third kappa shape index (κ3) is 5.35. The van der Waals surface area contributed by atoms with Gasteiger partial charge in [0.1, 0.15) is 0 Å². The maximum Gasteiger partial charge on any atom is 0.321 e. The molecule has 0 aromatic carbocycles. The molecule has 28 heavy (non-hydrogen) atoms. The highest BCUT2D eigenvalue weighted by molar-refractivity contribution is 8.00. The molecule has 3 rings (SSSR count). The number of nitrogens with one attached hydrogen (secondary N) is 2. The predicted molar refractivity (Wildman–Crippen MR) is 111 cm³/mol. The molecule has 0 saturated heterocycles. The number of fused-ring (bicyclic) bond motifs is 1. The second kappa shape index (κ2) is 8.24. The van der Waals surface area contributed by atoms with Gasteiger partial charge in [0.2, 0.25) is 5.91 Å². The van der Waals surface area contributed by atoms with E-state index in [0.717, 1.165) is 29.5 Å². The van der Waals surface area contributed by atoms with Crippen LogP contribution in [0.1, 0.15) is 51.5 Å². The van der Waals surface area contributed by atoms with Crippen molar-refractivity contribution in [3.63, 3.8) is 0 Å². The van der Waals surface area contributed by atoms with Gasteiger partial charge in [0.15, 0.2) is 0 Å². The van der Waals surface area contributed by atoms with Crippen LogP contribution in [0.2, 0.25) is 0 Å². The van der Waals surface area contributed by atoms with E-state index in [4.69, 9.17) is 4.42 Å². The van der Waals surface area contributed by atoms with E-state index in [1.165, 1.54) is 16.9 Å². The Labute approximate surface area is 173 Å². The molecule has 3 amide bonds. The van der Waals surface area contributed by atoms with Gasteiger partial charge in [-0.2, -0.15) is 0 Å². The van der Waals surface area contributed by atoms with Crippen molar-refractivity contribution in [2.75, 3.05) is 0 Å². The lowest BCUT2D eigenvalue weighted by atomic mass is 9.90. The minimum atomic E-state index is -0.545. The Balaban J connectivity index is 1.60.